The molecule has 1 fully saturated rings. The first-order valence-electron chi connectivity index (χ1n) is 8.02. The second kappa shape index (κ2) is 6.69. The number of hydrogen-bond acceptors (Lipinski definition) is 3. The minimum absolute atomic E-state index is 0.170. The molecular weight excluding hydrogens is 276 g/mol. The van der Waals surface area contributed by atoms with Gasteiger partial charge in [0.15, 0.2) is 0 Å². The number of hydrogen-bond donors (Lipinski definition) is 0. The first-order chi connectivity index (χ1) is 10.3. The maximum atomic E-state index is 12.3. The average Bonchev–Trinajstić information content (AvgIpc) is 2.80. The Morgan fingerprint density at radius 3 is 2.55 bits per heavy atom. The lowest BCUT2D eigenvalue weighted by atomic mass is 10.1. The van der Waals surface area contributed by atoms with E-state index in [2.05, 4.69) is 43.1 Å². The molecule has 4 heteroatoms. The van der Waals surface area contributed by atoms with Crippen LogP contribution in [0.3, 0.4) is 0 Å². The summed E-state index contributed by atoms with van der Waals surface area (Å²) in [6.45, 7) is 9.50. The third-order valence-corrected chi connectivity index (χ3v) is 4.18. The van der Waals surface area contributed by atoms with Crippen LogP contribution in [-0.4, -0.2) is 47.2 Å². The van der Waals surface area contributed by atoms with Gasteiger partial charge in [-0.1, -0.05) is 30.3 Å². The van der Waals surface area contributed by atoms with E-state index in [0.29, 0.717) is 6.04 Å². The van der Waals surface area contributed by atoms with Crippen molar-refractivity contribution in [1.29, 1.82) is 0 Å². The molecule has 1 aliphatic rings. The molecule has 0 aliphatic carbocycles. The maximum absolute atomic E-state index is 12.3. The van der Waals surface area contributed by atoms with Gasteiger partial charge >= 0.3 is 6.09 Å². The van der Waals surface area contributed by atoms with Crippen LogP contribution in [0.25, 0.3) is 0 Å². The Morgan fingerprint density at radius 1 is 1.32 bits per heavy atom. The van der Waals surface area contributed by atoms with Crippen molar-refractivity contribution in [3.8, 4) is 0 Å². The highest BCUT2D eigenvalue weighted by Gasteiger charge is 2.37. The van der Waals surface area contributed by atoms with Gasteiger partial charge in [-0.25, -0.2) is 4.79 Å². The fourth-order valence-corrected chi connectivity index (χ4v) is 3.08. The molecular formula is C18H28N2O2. The van der Waals surface area contributed by atoms with Crippen LogP contribution in [-0.2, 0) is 11.3 Å². The Hall–Kier alpha value is -1.55. The number of nitrogens with zero attached hydrogens (tertiary/aromatic N) is 2. The average molecular weight is 304 g/mol. The molecule has 4 nitrogen and oxygen atoms in total. The molecule has 2 rings (SSSR count). The van der Waals surface area contributed by atoms with Gasteiger partial charge in [-0.15, -0.1) is 0 Å². The highest BCUT2D eigenvalue weighted by atomic mass is 16.6. The molecule has 0 unspecified atom stereocenters. The summed E-state index contributed by atoms with van der Waals surface area (Å²) < 4.78 is 5.51. The Morgan fingerprint density at radius 2 is 1.95 bits per heavy atom. The van der Waals surface area contributed by atoms with E-state index in [0.717, 1.165) is 19.5 Å². The van der Waals surface area contributed by atoms with Crippen molar-refractivity contribution in [3.63, 3.8) is 0 Å². The van der Waals surface area contributed by atoms with Gasteiger partial charge in [-0.3, -0.25) is 4.90 Å². The van der Waals surface area contributed by atoms with Crippen molar-refractivity contribution in [1.82, 2.24) is 9.80 Å². The zero-order valence-electron chi connectivity index (χ0n) is 14.4. The van der Waals surface area contributed by atoms with Crippen LogP contribution >= 0.6 is 0 Å². The molecule has 1 heterocycles. The Kier molecular flexibility index (Phi) is 5.12. The summed E-state index contributed by atoms with van der Waals surface area (Å²) in [4.78, 5) is 16.5. The lowest BCUT2D eigenvalue weighted by molar-refractivity contribution is 0.0207. The first-order valence-corrected chi connectivity index (χ1v) is 8.02. The van der Waals surface area contributed by atoms with E-state index in [4.69, 9.17) is 4.74 Å². The molecule has 1 amide bonds. The zero-order chi connectivity index (χ0) is 16.3. The van der Waals surface area contributed by atoms with E-state index >= 15 is 0 Å². The smallest absolute Gasteiger partial charge is 0.410 e. The third kappa shape index (κ3) is 4.23. The van der Waals surface area contributed by atoms with Crippen molar-refractivity contribution >= 4 is 6.09 Å². The molecule has 0 bridgehead atoms. The quantitative estimate of drug-likeness (QED) is 0.856. The number of amides is 1. The number of likely N-dealkylation sites (tertiary alicyclic amines) is 1. The standard InChI is InChI=1S/C18H28N2O2/c1-14-16(19(5)13-15-9-7-6-8-10-15)11-12-20(14)17(21)22-18(2,3)4/h6-10,14,16H,11-13H2,1-5H3/t14-,16+/m1/s1. The normalized spacial score (nSPS) is 22.2. The van der Waals surface area contributed by atoms with Gasteiger partial charge in [0.1, 0.15) is 5.60 Å². The molecule has 0 N–H and O–H groups in total. The van der Waals surface area contributed by atoms with Gasteiger partial charge in [0.2, 0.25) is 0 Å². The van der Waals surface area contributed by atoms with Crippen LogP contribution in [0.2, 0.25) is 0 Å². The number of rotatable bonds is 3. The molecule has 1 saturated heterocycles. The fourth-order valence-electron chi connectivity index (χ4n) is 3.08. The Bertz CT molecular complexity index is 496. The van der Waals surface area contributed by atoms with Crippen molar-refractivity contribution in [2.24, 2.45) is 0 Å². The summed E-state index contributed by atoms with van der Waals surface area (Å²) in [5, 5.41) is 0. The molecule has 0 aromatic heterocycles. The van der Waals surface area contributed by atoms with Crippen LogP contribution < -0.4 is 0 Å². The summed E-state index contributed by atoms with van der Waals surface area (Å²) in [7, 11) is 2.13. The SMILES string of the molecule is C[C@@H]1[C@@H](N(C)Cc2ccccc2)CCN1C(=O)OC(C)(C)C. The van der Waals surface area contributed by atoms with E-state index in [1.165, 1.54) is 5.56 Å². The van der Waals surface area contributed by atoms with E-state index in [1.54, 1.807) is 0 Å². The summed E-state index contributed by atoms with van der Waals surface area (Å²) in [5.74, 6) is 0. The van der Waals surface area contributed by atoms with Crippen molar-refractivity contribution in [2.75, 3.05) is 13.6 Å². The minimum atomic E-state index is -0.440. The molecule has 1 aliphatic heterocycles. The monoisotopic (exact) mass is 304 g/mol. The van der Waals surface area contributed by atoms with Crippen molar-refractivity contribution in [3.05, 3.63) is 35.9 Å². The van der Waals surface area contributed by atoms with Crippen molar-refractivity contribution in [2.45, 2.75) is 58.3 Å². The number of ether oxygens (including phenoxy) is 1. The number of likely N-dealkylation sites (N-methyl/N-ethyl adjacent to an activating group) is 1. The van der Waals surface area contributed by atoms with Gasteiger partial charge in [-0.2, -0.15) is 0 Å². The van der Waals surface area contributed by atoms with Crippen LogP contribution in [0.1, 0.15) is 39.7 Å². The number of benzene rings is 1. The third-order valence-electron chi connectivity index (χ3n) is 4.18. The van der Waals surface area contributed by atoms with Gasteiger partial charge in [-0.05, 0) is 46.7 Å². The predicted molar refractivity (Wildman–Crippen MR) is 88.7 cm³/mol. The predicted octanol–water partition coefficient (Wildman–Crippen LogP) is 3.52. The summed E-state index contributed by atoms with van der Waals surface area (Å²) in [6, 6.07) is 11.0. The molecule has 2 atom stereocenters. The van der Waals surface area contributed by atoms with E-state index < -0.39 is 5.60 Å². The molecule has 0 spiro atoms. The van der Waals surface area contributed by atoms with E-state index in [9.17, 15) is 4.79 Å². The molecule has 0 radical (unpaired) electrons. The Labute approximate surface area is 134 Å². The largest absolute Gasteiger partial charge is 0.444 e. The van der Waals surface area contributed by atoms with Gasteiger partial charge in [0, 0.05) is 25.2 Å². The van der Waals surface area contributed by atoms with E-state index in [-0.39, 0.29) is 12.1 Å². The molecule has 1 aromatic rings. The van der Waals surface area contributed by atoms with Gasteiger partial charge in [0.25, 0.3) is 0 Å². The van der Waals surface area contributed by atoms with Crippen LogP contribution in [0.15, 0.2) is 30.3 Å². The van der Waals surface area contributed by atoms with Gasteiger partial charge < -0.3 is 9.64 Å². The summed E-state index contributed by atoms with van der Waals surface area (Å²) in [5.41, 5.74) is 0.859. The zero-order valence-corrected chi connectivity index (χ0v) is 14.4. The van der Waals surface area contributed by atoms with Crippen LogP contribution in [0.5, 0.6) is 0 Å². The highest BCUT2D eigenvalue weighted by molar-refractivity contribution is 5.69. The molecule has 0 saturated carbocycles. The van der Waals surface area contributed by atoms with Gasteiger partial charge in [0.05, 0.1) is 0 Å². The molecule has 22 heavy (non-hydrogen) atoms. The highest BCUT2D eigenvalue weighted by Crippen LogP contribution is 2.25. The molecule has 1 aromatic carbocycles. The summed E-state index contributed by atoms with van der Waals surface area (Å²) >= 11 is 0. The summed E-state index contributed by atoms with van der Waals surface area (Å²) in [6.07, 6.45) is 0.791. The lowest BCUT2D eigenvalue weighted by Gasteiger charge is -2.32. The minimum Gasteiger partial charge on any atom is -0.444 e. The second-order valence-electron chi connectivity index (χ2n) is 7.17. The molecule has 122 valence electrons. The van der Waals surface area contributed by atoms with Crippen LogP contribution in [0.4, 0.5) is 4.79 Å². The maximum Gasteiger partial charge on any atom is 0.410 e. The number of carbonyl (C=O) groups excluding carboxylic acids is 1. The van der Waals surface area contributed by atoms with Crippen LogP contribution in [0, 0.1) is 0 Å². The Balaban J connectivity index is 1.95. The lowest BCUT2D eigenvalue weighted by Crippen LogP contribution is -2.45. The topological polar surface area (TPSA) is 32.8 Å². The van der Waals surface area contributed by atoms with Crippen molar-refractivity contribution < 1.29 is 9.53 Å². The van der Waals surface area contributed by atoms with E-state index in [1.807, 2.05) is 31.7 Å². The fraction of sp³-hybridized carbons (Fsp3) is 0.611. The first kappa shape index (κ1) is 16.8. The number of carbonyl (C=O) groups is 1. The second-order valence-corrected chi connectivity index (χ2v) is 7.17.